The second-order valence-corrected chi connectivity index (χ2v) is 6.60. The van der Waals surface area contributed by atoms with Crippen molar-refractivity contribution in [1.29, 1.82) is 0 Å². The Morgan fingerprint density at radius 1 is 1.07 bits per heavy atom. The van der Waals surface area contributed by atoms with Gasteiger partial charge in [-0.3, -0.25) is 29.3 Å². The lowest BCUT2D eigenvalue weighted by Gasteiger charge is -2.25. The zero-order valence-electron chi connectivity index (χ0n) is 15.9. The summed E-state index contributed by atoms with van der Waals surface area (Å²) in [4.78, 5) is 46.3. The van der Waals surface area contributed by atoms with E-state index in [9.17, 15) is 14.4 Å². The predicted octanol–water partition coefficient (Wildman–Crippen LogP) is 1.81. The molecule has 3 amide bonds. The Bertz CT molecular complexity index is 921. The van der Waals surface area contributed by atoms with Gasteiger partial charge < -0.3 is 5.32 Å². The largest absolute Gasteiger partial charge is 0.355 e. The third-order valence-electron chi connectivity index (χ3n) is 4.52. The van der Waals surface area contributed by atoms with Gasteiger partial charge in [0.05, 0.1) is 11.4 Å². The molecule has 7 heteroatoms. The number of nitrogens with one attached hydrogen (secondary N) is 1. The molecule has 1 atom stereocenters. The quantitative estimate of drug-likeness (QED) is 0.742. The SMILES string of the molecule is CCNC(=O)C(CCc1ccnc(-c2cc(C)ccn2)c1)N1C(=O)C=CC1=O. The fourth-order valence-corrected chi connectivity index (χ4v) is 3.14. The first-order chi connectivity index (χ1) is 13.5. The highest BCUT2D eigenvalue weighted by Gasteiger charge is 2.35. The summed E-state index contributed by atoms with van der Waals surface area (Å²) in [5.41, 5.74) is 3.56. The number of nitrogens with zero attached hydrogens (tertiary/aromatic N) is 3. The molecule has 28 heavy (non-hydrogen) atoms. The molecule has 1 aliphatic heterocycles. The monoisotopic (exact) mass is 378 g/mol. The van der Waals surface area contributed by atoms with Crippen molar-refractivity contribution in [2.24, 2.45) is 0 Å². The van der Waals surface area contributed by atoms with Crippen LogP contribution in [0.15, 0.2) is 48.8 Å². The van der Waals surface area contributed by atoms with Crippen molar-refractivity contribution >= 4 is 17.7 Å². The van der Waals surface area contributed by atoms with E-state index in [1.54, 1.807) is 19.3 Å². The van der Waals surface area contributed by atoms with E-state index in [-0.39, 0.29) is 5.91 Å². The summed E-state index contributed by atoms with van der Waals surface area (Å²) in [6.45, 7) is 4.21. The van der Waals surface area contributed by atoms with Crippen molar-refractivity contribution in [3.05, 3.63) is 59.9 Å². The third kappa shape index (κ3) is 4.31. The molecule has 3 rings (SSSR count). The number of aryl methyl sites for hydroxylation is 2. The summed E-state index contributed by atoms with van der Waals surface area (Å²) in [5, 5.41) is 2.71. The van der Waals surface area contributed by atoms with Gasteiger partial charge in [-0.25, -0.2) is 0 Å². The van der Waals surface area contributed by atoms with E-state index >= 15 is 0 Å². The van der Waals surface area contributed by atoms with Gasteiger partial charge in [0.1, 0.15) is 6.04 Å². The third-order valence-corrected chi connectivity index (χ3v) is 4.52. The van der Waals surface area contributed by atoms with Gasteiger partial charge in [0.25, 0.3) is 11.8 Å². The van der Waals surface area contributed by atoms with Crippen LogP contribution in [0.1, 0.15) is 24.5 Å². The highest BCUT2D eigenvalue weighted by Crippen LogP contribution is 2.19. The van der Waals surface area contributed by atoms with Crippen LogP contribution in [0.4, 0.5) is 0 Å². The maximum absolute atomic E-state index is 12.5. The molecule has 1 unspecified atom stereocenters. The standard InChI is InChI=1S/C21H22N4O3/c1-3-22-21(28)18(25-19(26)6-7-20(25)27)5-4-15-9-11-24-17(13-15)16-12-14(2)8-10-23-16/h6-13,18H,3-5H2,1-2H3,(H,22,28). The van der Waals surface area contributed by atoms with Gasteiger partial charge in [0, 0.05) is 31.1 Å². The first-order valence-corrected chi connectivity index (χ1v) is 9.20. The summed E-state index contributed by atoms with van der Waals surface area (Å²) < 4.78 is 0. The van der Waals surface area contributed by atoms with Gasteiger partial charge in [-0.2, -0.15) is 0 Å². The second kappa shape index (κ2) is 8.56. The predicted molar refractivity (Wildman–Crippen MR) is 104 cm³/mol. The number of imide groups is 1. The van der Waals surface area contributed by atoms with Gasteiger partial charge in [0.2, 0.25) is 5.91 Å². The lowest BCUT2D eigenvalue weighted by atomic mass is 10.0. The smallest absolute Gasteiger partial charge is 0.254 e. The molecule has 0 saturated heterocycles. The maximum Gasteiger partial charge on any atom is 0.254 e. The molecule has 0 aromatic carbocycles. The van der Waals surface area contributed by atoms with Crippen LogP contribution in [-0.2, 0) is 20.8 Å². The molecule has 0 spiro atoms. The van der Waals surface area contributed by atoms with E-state index in [0.717, 1.165) is 27.4 Å². The van der Waals surface area contributed by atoms with Crippen molar-refractivity contribution < 1.29 is 14.4 Å². The van der Waals surface area contributed by atoms with Gasteiger partial charge in [-0.05, 0) is 62.1 Å². The molecular weight excluding hydrogens is 356 g/mol. The first-order valence-electron chi connectivity index (χ1n) is 9.20. The Kier molecular flexibility index (Phi) is 5.93. The molecule has 2 aromatic heterocycles. The van der Waals surface area contributed by atoms with Crippen molar-refractivity contribution in [1.82, 2.24) is 20.2 Å². The lowest BCUT2D eigenvalue weighted by molar-refractivity contribution is -0.145. The minimum atomic E-state index is -0.844. The Hall–Kier alpha value is -3.35. The topological polar surface area (TPSA) is 92.3 Å². The van der Waals surface area contributed by atoms with Gasteiger partial charge in [-0.1, -0.05) is 0 Å². The molecule has 1 aliphatic rings. The van der Waals surface area contributed by atoms with Gasteiger partial charge in [0.15, 0.2) is 0 Å². The van der Waals surface area contributed by atoms with E-state index in [4.69, 9.17) is 0 Å². The van der Waals surface area contributed by atoms with Crippen LogP contribution in [-0.4, -0.2) is 45.2 Å². The average molecular weight is 378 g/mol. The van der Waals surface area contributed by atoms with Crippen LogP contribution in [0.5, 0.6) is 0 Å². The summed E-state index contributed by atoms with van der Waals surface area (Å²) in [6, 6.07) is 6.81. The van der Waals surface area contributed by atoms with Crippen LogP contribution in [0, 0.1) is 6.92 Å². The lowest BCUT2D eigenvalue weighted by Crippen LogP contribution is -2.49. The van der Waals surface area contributed by atoms with Crippen molar-refractivity contribution in [3.8, 4) is 11.4 Å². The van der Waals surface area contributed by atoms with Gasteiger partial charge in [-0.15, -0.1) is 0 Å². The fourth-order valence-electron chi connectivity index (χ4n) is 3.14. The number of likely N-dealkylation sites (N-methyl/N-ethyl adjacent to an activating group) is 1. The Morgan fingerprint density at radius 3 is 2.36 bits per heavy atom. The van der Waals surface area contributed by atoms with Gasteiger partial charge >= 0.3 is 0 Å². The molecule has 2 aromatic rings. The van der Waals surface area contributed by atoms with E-state index in [1.165, 1.54) is 12.2 Å². The minimum Gasteiger partial charge on any atom is -0.355 e. The summed E-state index contributed by atoms with van der Waals surface area (Å²) in [5.74, 6) is -1.25. The van der Waals surface area contributed by atoms with Crippen molar-refractivity contribution in [3.63, 3.8) is 0 Å². The highest BCUT2D eigenvalue weighted by atomic mass is 16.2. The molecule has 0 radical (unpaired) electrons. The zero-order chi connectivity index (χ0) is 20.1. The Balaban J connectivity index is 1.78. The van der Waals surface area contributed by atoms with Crippen LogP contribution < -0.4 is 5.32 Å². The number of amides is 3. The van der Waals surface area contributed by atoms with Crippen LogP contribution in [0.3, 0.4) is 0 Å². The molecule has 0 saturated carbocycles. The van der Waals surface area contributed by atoms with E-state index < -0.39 is 17.9 Å². The summed E-state index contributed by atoms with van der Waals surface area (Å²) in [7, 11) is 0. The highest BCUT2D eigenvalue weighted by molar-refractivity contribution is 6.15. The van der Waals surface area contributed by atoms with E-state index in [1.807, 2.05) is 31.2 Å². The molecule has 0 fully saturated rings. The zero-order valence-corrected chi connectivity index (χ0v) is 15.9. The van der Waals surface area contributed by atoms with Crippen molar-refractivity contribution in [2.75, 3.05) is 6.54 Å². The number of carbonyl (C=O) groups excluding carboxylic acids is 3. The van der Waals surface area contributed by atoms with Crippen molar-refractivity contribution in [2.45, 2.75) is 32.7 Å². The second-order valence-electron chi connectivity index (χ2n) is 6.60. The molecular formula is C21H22N4O3. The Labute approximate surface area is 163 Å². The summed E-state index contributed by atoms with van der Waals surface area (Å²) >= 11 is 0. The molecule has 7 nitrogen and oxygen atoms in total. The summed E-state index contributed by atoms with van der Waals surface area (Å²) in [6.07, 6.45) is 6.67. The van der Waals surface area contributed by atoms with Crippen LogP contribution in [0.25, 0.3) is 11.4 Å². The van der Waals surface area contributed by atoms with E-state index in [0.29, 0.717) is 19.4 Å². The number of aromatic nitrogens is 2. The Morgan fingerprint density at radius 2 is 1.71 bits per heavy atom. The number of carbonyl (C=O) groups is 3. The number of hydrogen-bond donors (Lipinski definition) is 1. The molecule has 0 aliphatic carbocycles. The fraction of sp³-hybridized carbons (Fsp3) is 0.286. The number of rotatable bonds is 7. The first kappa shape index (κ1) is 19.4. The maximum atomic E-state index is 12.5. The molecule has 144 valence electrons. The normalized spacial score (nSPS) is 14.4. The molecule has 3 heterocycles. The average Bonchev–Trinajstić information content (AvgIpc) is 3.01. The molecule has 1 N–H and O–H groups in total. The number of hydrogen-bond acceptors (Lipinski definition) is 5. The van der Waals surface area contributed by atoms with Crippen LogP contribution >= 0.6 is 0 Å². The van der Waals surface area contributed by atoms with E-state index in [2.05, 4.69) is 15.3 Å². The molecule has 0 bridgehead atoms. The van der Waals surface area contributed by atoms with Crippen LogP contribution in [0.2, 0.25) is 0 Å². The minimum absolute atomic E-state index is 0.329. The number of pyridine rings is 2.